The second-order valence-corrected chi connectivity index (χ2v) is 5.25. The number of nitrogens with zero attached hydrogens (tertiary/aromatic N) is 3. The van der Waals surface area contributed by atoms with Crippen molar-refractivity contribution in [3.63, 3.8) is 0 Å². The lowest BCUT2D eigenvalue weighted by Gasteiger charge is -2.11. The van der Waals surface area contributed by atoms with Crippen molar-refractivity contribution in [2.45, 2.75) is 0 Å². The van der Waals surface area contributed by atoms with Crippen molar-refractivity contribution in [1.82, 2.24) is 4.98 Å². The largest absolute Gasteiger partial charge is 0.506 e. The molecule has 4 heteroatoms. The summed E-state index contributed by atoms with van der Waals surface area (Å²) < 4.78 is 0. The Hall–Kier alpha value is -2.88. The minimum absolute atomic E-state index is 0.183. The summed E-state index contributed by atoms with van der Waals surface area (Å²) in [4.78, 5) is 10.9. The Balaban J connectivity index is 1.87. The summed E-state index contributed by atoms with van der Waals surface area (Å²) >= 11 is 0. The van der Waals surface area contributed by atoms with Gasteiger partial charge in [0.2, 0.25) is 0 Å². The highest BCUT2D eigenvalue weighted by Crippen LogP contribution is 2.22. The summed E-state index contributed by atoms with van der Waals surface area (Å²) in [6.07, 6.45) is 1.70. The molecule has 0 unspecified atom stereocenters. The van der Waals surface area contributed by atoms with Crippen LogP contribution < -0.4 is 4.90 Å². The smallest absolute Gasteiger partial charge is 0.141 e. The molecule has 0 saturated carbocycles. The van der Waals surface area contributed by atoms with E-state index in [2.05, 4.69) is 9.98 Å². The maximum Gasteiger partial charge on any atom is 0.141 e. The highest BCUT2D eigenvalue weighted by atomic mass is 16.3. The van der Waals surface area contributed by atoms with Crippen molar-refractivity contribution < 1.29 is 5.11 Å². The van der Waals surface area contributed by atoms with Gasteiger partial charge in [-0.3, -0.25) is 4.99 Å². The fraction of sp³-hybridized carbons (Fsp3) is 0.111. The Kier molecular flexibility index (Phi) is 3.74. The average molecular weight is 291 g/mol. The third-order valence-corrected chi connectivity index (χ3v) is 3.43. The van der Waals surface area contributed by atoms with Gasteiger partial charge in [0.1, 0.15) is 11.3 Å². The van der Waals surface area contributed by atoms with Crippen LogP contribution >= 0.6 is 0 Å². The summed E-state index contributed by atoms with van der Waals surface area (Å²) in [7, 11) is 4.01. The Morgan fingerprint density at radius 1 is 1.00 bits per heavy atom. The van der Waals surface area contributed by atoms with E-state index in [1.165, 1.54) is 0 Å². The number of anilines is 1. The van der Waals surface area contributed by atoms with E-state index >= 15 is 0 Å². The lowest BCUT2D eigenvalue weighted by atomic mass is 10.2. The summed E-state index contributed by atoms with van der Waals surface area (Å²) in [6, 6.07) is 17.1. The van der Waals surface area contributed by atoms with Crippen LogP contribution in [0.1, 0.15) is 5.69 Å². The number of aromatic nitrogens is 1. The molecule has 1 aromatic heterocycles. The van der Waals surface area contributed by atoms with Gasteiger partial charge < -0.3 is 10.0 Å². The summed E-state index contributed by atoms with van der Waals surface area (Å²) in [5.74, 6) is 0.183. The zero-order chi connectivity index (χ0) is 15.5. The number of aliphatic imine (C=N–C) groups is 1. The number of hydrogen-bond donors (Lipinski definition) is 1. The zero-order valence-corrected chi connectivity index (χ0v) is 12.6. The molecular weight excluding hydrogens is 274 g/mol. The van der Waals surface area contributed by atoms with Crippen LogP contribution in [-0.4, -0.2) is 30.4 Å². The molecule has 3 aromatic rings. The summed E-state index contributed by atoms with van der Waals surface area (Å²) in [5, 5.41) is 10.8. The molecule has 110 valence electrons. The van der Waals surface area contributed by atoms with Crippen LogP contribution in [0.4, 0.5) is 11.4 Å². The molecule has 0 aliphatic carbocycles. The Bertz CT molecular complexity index is 823. The maximum atomic E-state index is 9.85. The van der Waals surface area contributed by atoms with E-state index in [1.807, 2.05) is 61.5 Å². The number of phenols is 1. The van der Waals surface area contributed by atoms with Gasteiger partial charge in [-0.2, -0.15) is 0 Å². The van der Waals surface area contributed by atoms with E-state index in [0.29, 0.717) is 11.2 Å². The van der Waals surface area contributed by atoms with E-state index in [9.17, 15) is 5.11 Å². The molecule has 0 amide bonds. The Labute approximate surface area is 129 Å². The molecule has 1 N–H and O–H groups in total. The van der Waals surface area contributed by atoms with Gasteiger partial charge in [-0.1, -0.05) is 18.2 Å². The minimum Gasteiger partial charge on any atom is -0.506 e. The molecular formula is C18H17N3O. The number of fused-ring (bicyclic) bond motifs is 1. The fourth-order valence-corrected chi connectivity index (χ4v) is 2.20. The quantitative estimate of drug-likeness (QED) is 0.747. The van der Waals surface area contributed by atoms with Gasteiger partial charge >= 0.3 is 0 Å². The molecule has 22 heavy (non-hydrogen) atoms. The Morgan fingerprint density at radius 3 is 2.50 bits per heavy atom. The van der Waals surface area contributed by atoms with Crippen LogP contribution in [0.3, 0.4) is 0 Å². The number of phenolic OH excluding ortho intramolecular Hbond substituents is 1. The van der Waals surface area contributed by atoms with Gasteiger partial charge in [0.05, 0.1) is 17.6 Å². The van der Waals surface area contributed by atoms with Crippen molar-refractivity contribution in [2.75, 3.05) is 19.0 Å². The average Bonchev–Trinajstić information content (AvgIpc) is 2.54. The van der Waals surface area contributed by atoms with E-state index in [1.54, 1.807) is 18.3 Å². The first kappa shape index (κ1) is 14.1. The van der Waals surface area contributed by atoms with Crippen LogP contribution in [0.15, 0.2) is 59.6 Å². The number of hydrogen-bond acceptors (Lipinski definition) is 4. The summed E-state index contributed by atoms with van der Waals surface area (Å²) in [5.41, 5.74) is 3.30. The third kappa shape index (κ3) is 2.91. The van der Waals surface area contributed by atoms with Crippen LogP contribution in [-0.2, 0) is 0 Å². The van der Waals surface area contributed by atoms with Crippen LogP contribution in [0.5, 0.6) is 5.75 Å². The molecule has 0 spiro atoms. The standard InChI is InChI=1S/C18H17N3O/c1-21(2)16-10-8-14(9-11-16)19-12-15-7-6-13-4-3-5-17(22)18(13)20-15/h3-12,22H,1-2H3. The van der Waals surface area contributed by atoms with Crippen molar-refractivity contribution in [2.24, 2.45) is 4.99 Å². The lowest BCUT2D eigenvalue weighted by molar-refractivity contribution is 0.480. The topological polar surface area (TPSA) is 48.7 Å². The molecule has 0 saturated heterocycles. The van der Waals surface area contributed by atoms with Gasteiger partial charge in [-0.25, -0.2) is 4.98 Å². The SMILES string of the molecule is CN(C)c1ccc(N=Cc2ccc3cccc(O)c3n2)cc1. The second-order valence-electron chi connectivity index (χ2n) is 5.25. The van der Waals surface area contributed by atoms with Gasteiger partial charge in [0.25, 0.3) is 0 Å². The summed E-state index contributed by atoms with van der Waals surface area (Å²) in [6.45, 7) is 0. The number of pyridine rings is 1. The number of benzene rings is 2. The van der Waals surface area contributed by atoms with E-state index in [-0.39, 0.29) is 5.75 Å². The van der Waals surface area contributed by atoms with E-state index < -0.39 is 0 Å². The highest BCUT2D eigenvalue weighted by Gasteiger charge is 2.01. The van der Waals surface area contributed by atoms with Crippen LogP contribution in [0.25, 0.3) is 10.9 Å². The number of para-hydroxylation sites is 1. The first-order chi connectivity index (χ1) is 10.6. The Morgan fingerprint density at radius 2 is 1.77 bits per heavy atom. The normalized spacial score (nSPS) is 11.2. The van der Waals surface area contributed by atoms with Crippen LogP contribution in [0.2, 0.25) is 0 Å². The lowest BCUT2D eigenvalue weighted by Crippen LogP contribution is -2.07. The second kappa shape index (κ2) is 5.85. The van der Waals surface area contributed by atoms with Crippen molar-refractivity contribution >= 4 is 28.5 Å². The highest BCUT2D eigenvalue weighted by molar-refractivity contribution is 5.89. The molecule has 3 rings (SSSR count). The van der Waals surface area contributed by atoms with Gasteiger partial charge in [0, 0.05) is 25.2 Å². The van der Waals surface area contributed by atoms with Crippen molar-refractivity contribution in [1.29, 1.82) is 0 Å². The maximum absolute atomic E-state index is 9.85. The molecule has 0 fully saturated rings. The molecule has 0 bridgehead atoms. The first-order valence-electron chi connectivity index (χ1n) is 7.04. The fourth-order valence-electron chi connectivity index (χ4n) is 2.20. The number of aromatic hydroxyl groups is 1. The molecule has 2 aromatic carbocycles. The minimum atomic E-state index is 0.183. The predicted octanol–water partition coefficient (Wildman–Crippen LogP) is 3.76. The molecule has 0 radical (unpaired) electrons. The molecule has 4 nitrogen and oxygen atoms in total. The van der Waals surface area contributed by atoms with Gasteiger partial charge in [0.15, 0.2) is 0 Å². The van der Waals surface area contributed by atoms with Gasteiger partial charge in [-0.05, 0) is 36.4 Å². The third-order valence-electron chi connectivity index (χ3n) is 3.43. The zero-order valence-electron chi connectivity index (χ0n) is 12.6. The molecule has 0 aliphatic rings. The van der Waals surface area contributed by atoms with Gasteiger partial charge in [-0.15, -0.1) is 0 Å². The van der Waals surface area contributed by atoms with Crippen molar-refractivity contribution in [3.8, 4) is 5.75 Å². The monoisotopic (exact) mass is 291 g/mol. The molecule has 0 atom stereocenters. The van der Waals surface area contributed by atoms with E-state index in [4.69, 9.17) is 0 Å². The van der Waals surface area contributed by atoms with E-state index in [0.717, 1.165) is 16.8 Å². The first-order valence-corrected chi connectivity index (χ1v) is 7.04. The molecule has 1 heterocycles. The number of rotatable bonds is 3. The molecule has 0 aliphatic heterocycles. The predicted molar refractivity (Wildman–Crippen MR) is 91.4 cm³/mol. The van der Waals surface area contributed by atoms with Crippen LogP contribution in [0, 0.1) is 0 Å². The van der Waals surface area contributed by atoms with Crippen molar-refractivity contribution in [3.05, 3.63) is 60.3 Å².